The Hall–Kier alpha value is -1.47. The summed E-state index contributed by atoms with van der Waals surface area (Å²) in [5.41, 5.74) is 0. The molecule has 0 bridgehead atoms. The van der Waals surface area contributed by atoms with E-state index in [0.717, 1.165) is 19.3 Å². The molecule has 0 aliphatic carbocycles. The first kappa shape index (κ1) is 25.6. The van der Waals surface area contributed by atoms with Crippen LogP contribution in [0.5, 0.6) is 0 Å². The number of ether oxygens (including phenoxy) is 2. The van der Waals surface area contributed by atoms with E-state index in [0.29, 0.717) is 0 Å². The third kappa shape index (κ3) is 10.8. The van der Waals surface area contributed by atoms with Crippen LogP contribution in [-0.2, 0) is 23.9 Å². The second kappa shape index (κ2) is 15.4. The van der Waals surface area contributed by atoms with E-state index in [1.165, 1.54) is 64.2 Å². The number of aliphatic hydroxyl groups is 2. The molecule has 168 valence electrons. The fourth-order valence-corrected chi connectivity index (χ4v) is 3.41. The summed E-state index contributed by atoms with van der Waals surface area (Å²) in [5, 5.41) is 19.0. The number of carbonyl (C=O) groups is 3. The van der Waals surface area contributed by atoms with Crippen LogP contribution in [0.1, 0.15) is 96.8 Å². The molecule has 0 spiro atoms. The van der Waals surface area contributed by atoms with Gasteiger partial charge in [0.2, 0.25) is 11.9 Å². The van der Waals surface area contributed by atoms with Gasteiger partial charge in [-0.3, -0.25) is 9.59 Å². The molecule has 1 heterocycles. The molecule has 2 N–H and O–H groups in total. The Morgan fingerprint density at radius 1 is 0.931 bits per heavy atom. The fraction of sp³-hybridized carbons (Fsp3) is 0.864. The Bertz CT molecular complexity index is 492. The monoisotopic (exact) mass is 414 g/mol. The molecule has 7 heteroatoms. The Morgan fingerprint density at radius 2 is 1.41 bits per heavy atom. The van der Waals surface area contributed by atoms with Crippen molar-refractivity contribution in [2.75, 3.05) is 6.61 Å². The van der Waals surface area contributed by atoms with E-state index in [4.69, 9.17) is 4.74 Å². The van der Waals surface area contributed by atoms with E-state index in [-0.39, 0.29) is 6.42 Å². The van der Waals surface area contributed by atoms with Gasteiger partial charge in [0.1, 0.15) is 12.7 Å². The normalized spacial score (nSPS) is 20.0. The van der Waals surface area contributed by atoms with Crippen molar-refractivity contribution in [1.29, 1.82) is 0 Å². The molecule has 0 amide bonds. The minimum Gasteiger partial charge on any atom is -0.463 e. The van der Waals surface area contributed by atoms with Crippen LogP contribution in [-0.4, -0.2) is 52.9 Å². The number of hydrogen-bond donors (Lipinski definition) is 2. The van der Waals surface area contributed by atoms with Gasteiger partial charge in [0.25, 0.3) is 0 Å². The Kier molecular flexibility index (Phi) is 13.6. The maximum absolute atomic E-state index is 11.7. The maximum Gasteiger partial charge on any atom is 0.343 e. The maximum atomic E-state index is 11.7. The number of carbonyl (C=O) groups excluding carboxylic acids is 3. The number of Topliss-reactive ketones (excluding diaryl/α,β-unsaturated/α-hetero) is 1. The van der Waals surface area contributed by atoms with E-state index < -0.39 is 42.6 Å². The quantitative estimate of drug-likeness (QED) is 0.214. The van der Waals surface area contributed by atoms with Crippen molar-refractivity contribution >= 4 is 17.7 Å². The lowest BCUT2D eigenvalue weighted by Crippen LogP contribution is -2.38. The largest absolute Gasteiger partial charge is 0.463 e. The average Bonchev–Trinajstić information content (AvgIpc) is 2.97. The number of hydrogen-bond acceptors (Lipinski definition) is 7. The van der Waals surface area contributed by atoms with Gasteiger partial charge >= 0.3 is 11.9 Å². The van der Waals surface area contributed by atoms with Gasteiger partial charge in [0.05, 0.1) is 0 Å². The number of rotatable bonds is 17. The lowest BCUT2D eigenvalue weighted by atomic mass is 10.0. The first-order valence-electron chi connectivity index (χ1n) is 11.2. The lowest BCUT2D eigenvalue weighted by Gasteiger charge is -2.15. The first-order valence-corrected chi connectivity index (χ1v) is 11.2. The first-order chi connectivity index (χ1) is 14.0. The zero-order valence-corrected chi connectivity index (χ0v) is 17.8. The minimum absolute atomic E-state index is 0.255. The average molecular weight is 415 g/mol. The summed E-state index contributed by atoms with van der Waals surface area (Å²) >= 11 is 0. The molecule has 0 aromatic rings. The van der Waals surface area contributed by atoms with Gasteiger partial charge in [-0.25, -0.2) is 4.79 Å². The van der Waals surface area contributed by atoms with Crippen LogP contribution in [0, 0.1) is 0 Å². The summed E-state index contributed by atoms with van der Waals surface area (Å²) in [7, 11) is 0. The Labute approximate surface area is 174 Å². The van der Waals surface area contributed by atoms with Crippen LogP contribution in [0.4, 0.5) is 0 Å². The van der Waals surface area contributed by atoms with Crippen LogP contribution in [0.25, 0.3) is 0 Å². The molecule has 3 unspecified atom stereocenters. The van der Waals surface area contributed by atoms with Gasteiger partial charge in [-0.2, -0.15) is 0 Å². The smallest absolute Gasteiger partial charge is 0.343 e. The third-order valence-corrected chi connectivity index (χ3v) is 5.27. The highest BCUT2D eigenvalue weighted by molar-refractivity contribution is 6.09. The molecular weight excluding hydrogens is 376 g/mol. The molecule has 1 aliphatic heterocycles. The zero-order valence-electron chi connectivity index (χ0n) is 17.8. The van der Waals surface area contributed by atoms with Gasteiger partial charge < -0.3 is 19.7 Å². The second-order valence-corrected chi connectivity index (χ2v) is 7.91. The van der Waals surface area contributed by atoms with Crippen molar-refractivity contribution in [2.45, 2.75) is 115 Å². The summed E-state index contributed by atoms with van der Waals surface area (Å²) in [6, 6.07) is 0. The summed E-state index contributed by atoms with van der Waals surface area (Å²) in [4.78, 5) is 34.3. The van der Waals surface area contributed by atoms with Crippen LogP contribution >= 0.6 is 0 Å². The number of unbranched alkanes of at least 4 members (excludes halogenated alkanes) is 12. The third-order valence-electron chi connectivity index (χ3n) is 5.27. The topological polar surface area (TPSA) is 110 Å². The number of ketones is 1. The summed E-state index contributed by atoms with van der Waals surface area (Å²) < 4.78 is 9.51. The lowest BCUT2D eigenvalue weighted by molar-refractivity contribution is -0.156. The van der Waals surface area contributed by atoms with Crippen LogP contribution in [0.15, 0.2) is 0 Å². The number of aliphatic hydroxyl groups excluding tert-OH is 2. The molecular formula is C22H38O7. The second-order valence-electron chi connectivity index (χ2n) is 7.91. The van der Waals surface area contributed by atoms with Crippen molar-refractivity contribution < 1.29 is 34.1 Å². The Balaban J connectivity index is 1.92. The number of esters is 2. The van der Waals surface area contributed by atoms with Crippen molar-refractivity contribution in [3.8, 4) is 0 Å². The molecule has 29 heavy (non-hydrogen) atoms. The molecule has 7 nitrogen and oxygen atoms in total. The van der Waals surface area contributed by atoms with Crippen LogP contribution < -0.4 is 0 Å². The van der Waals surface area contributed by atoms with Crippen LogP contribution in [0.2, 0.25) is 0 Å². The molecule has 3 atom stereocenters. The molecule has 1 saturated heterocycles. The SMILES string of the molecule is CCCCCCCCCCCCCCCC(=O)OCC(O)C1OC(=O)C(O)C1=O. The molecule has 0 saturated carbocycles. The molecule has 0 radical (unpaired) electrons. The highest BCUT2D eigenvalue weighted by Gasteiger charge is 2.46. The molecule has 1 rings (SSSR count). The van der Waals surface area contributed by atoms with Gasteiger partial charge in [-0.1, -0.05) is 84.0 Å². The van der Waals surface area contributed by atoms with Crippen molar-refractivity contribution in [3.63, 3.8) is 0 Å². The van der Waals surface area contributed by atoms with Gasteiger partial charge in [-0.15, -0.1) is 0 Å². The van der Waals surface area contributed by atoms with E-state index >= 15 is 0 Å². The van der Waals surface area contributed by atoms with Gasteiger partial charge in [-0.05, 0) is 6.42 Å². The highest BCUT2D eigenvalue weighted by Crippen LogP contribution is 2.16. The van der Waals surface area contributed by atoms with E-state index in [1.54, 1.807) is 0 Å². The number of cyclic esters (lactones) is 1. The van der Waals surface area contributed by atoms with Crippen molar-refractivity contribution in [1.82, 2.24) is 0 Å². The molecule has 1 fully saturated rings. The van der Waals surface area contributed by atoms with Gasteiger partial charge in [0, 0.05) is 6.42 Å². The van der Waals surface area contributed by atoms with Crippen molar-refractivity contribution in [3.05, 3.63) is 0 Å². The van der Waals surface area contributed by atoms with E-state index in [1.807, 2.05) is 0 Å². The standard InChI is InChI=1S/C22H38O7/c1-2-3-4-5-6-7-8-9-10-11-12-13-14-15-18(24)28-16-17(23)21-19(25)20(26)22(27)29-21/h17,20-21,23,26H,2-16H2,1H3. The molecule has 0 aromatic heterocycles. The summed E-state index contributed by atoms with van der Waals surface area (Å²) in [5.74, 6) is -2.45. The predicted molar refractivity (Wildman–Crippen MR) is 108 cm³/mol. The molecule has 1 aliphatic rings. The predicted octanol–water partition coefficient (Wildman–Crippen LogP) is 3.23. The molecule has 0 aromatic carbocycles. The van der Waals surface area contributed by atoms with E-state index in [2.05, 4.69) is 11.7 Å². The van der Waals surface area contributed by atoms with Crippen LogP contribution in [0.3, 0.4) is 0 Å². The fourth-order valence-electron chi connectivity index (χ4n) is 3.41. The van der Waals surface area contributed by atoms with Gasteiger partial charge in [0.15, 0.2) is 6.10 Å². The summed E-state index contributed by atoms with van der Waals surface area (Å²) in [6.45, 7) is 1.80. The Morgan fingerprint density at radius 3 is 1.86 bits per heavy atom. The summed E-state index contributed by atoms with van der Waals surface area (Å²) in [6.07, 6.45) is 11.3. The minimum atomic E-state index is -1.86. The van der Waals surface area contributed by atoms with E-state index in [9.17, 15) is 24.6 Å². The zero-order chi connectivity index (χ0) is 21.5. The highest BCUT2D eigenvalue weighted by atomic mass is 16.6. The van der Waals surface area contributed by atoms with Crippen molar-refractivity contribution in [2.24, 2.45) is 0 Å².